The first kappa shape index (κ1) is 45.9. The molecule has 0 aliphatic carbocycles. The molecule has 4 N–H and O–H groups in total. The first-order chi connectivity index (χ1) is 24.9. The van der Waals surface area contributed by atoms with Gasteiger partial charge >= 0.3 is 16.5 Å². The van der Waals surface area contributed by atoms with Gasteiger partial charge in [-0.15, -0.1) is 0 Å². The number of aromatic carboxylic acids is 2. The second-order valence-corrected chi connectivity index (χ2v) is 12.2. The van der Waals surface area contributed by atoms with Gasteiger partial charge < -0.3 is 40.2 Å². The summed E-state index contributed by atoms with van der Waals surface area (Å²) in [6.45, 7) is 7.52. The van der Waals surface area contributed by atoms with E-state index >= 15 is 0 Å². The fourth-order valence-electron chi connectivity index (χ4n) is 5.14. The molecule has 0 bridgehead atoms. The number of carbonyl (C=O) groups is 2. The van der Waals surface area contributed by atoms with Gasteiger partial charge in [0.2, 0.25) is 0 Å². The molecule has 286 valence electrons. The van der Waals surface area contributed by atoms with Crippen LogP contribution in [-0.2, 0) is 16.5 Å². The third kappa shape index (κ3) is 16.0. The van der Waals surface area contributed by atoms with Gasteiger partial charge in [-0.3, -0.25) is 9.98 Å². The van der Waals surface area contributed by atoms with Gasteiger partial charge in [0.25, 0.3) is 0 Å². The number of phenolic OH excluding ortho intramolecular Hbond substituents is 2. The summed E-state index contributed by atoms with van der Waals surface area (Å²) < 4.78 is 0. The number of nitrogens with zero attached hydrogens (tertiary/aromatic N) is 2. The Morgan fingerprint density at radius 1 is 0.528 bits per heavy atom. The number of phenols is 4. The van der Waals surface area contributed by atoms with Crippen molar-refractivity contribution in [3.8, 4) is 23.0 Å². The third-order valence-corrected chi connectivity index (χ3v) is 8.05. The van der Waals surface area contributed by atoms with E-state index in [0.717, 1.165) is 36.3 Å². The smallest absolute Gasteiger partial charge is 0.545 e. The molecule has 0 aromatic heterocycles. The monoisotopic (exact) mass is 768 g/mol. The van der Waals surface area contributed by atoms with Gasteiger partial charge in [0.15, 0.2) is 23.0 Å². The first-order valence-corrected chi connectivity index (χ1v) is 17.6. The number of hydrogen-bond donors (Lipinski definition) is 4. The second kappa shape index (κ2) is 24.9. The van der Waals surface area contributed by atoms with Crippen LogP contribution in [0.2, 0.25) is 0 Å². The summed E-state index contributed by atoms with van der Waals surface area (Å²) in [6.07, 6.45) is 12.1. The molecule has 4 rings (SSSR count). The van der Waals surface area contributed by atoms with Crippen LogP contribution < -0.4 is 10.2 Å². The summed E-state index contributed by atoms with van der Waals surface area (Å²) in [6, 6.07) is 25.9. The fourth-order valence-corrected chi connectivity index (χ4v) is 5.14. The van der Waals surface area contributed by atoms with Crippen molar-refractivity contribution >= 4 is 34.7 Å². The fraction of sp³-hybridized carbons (Fsp3) is 0.333. The van der Waals surface area contributed by atoms with Gasteiger partial charge in [-0.2, -0.15) is 0 Å². The molecule has 0 unspecified atom stereocenters. The van der Waals surface area contributed by atoms with Gasteiger partial charge in [-0.25, -0.2) is 0 Å². The molecule has 0 fully saturated rings. The molecule has 0 saturated heterocycles. The normalized spacial score (nSPS) is 10.9. The number of rotatable bonds is 15. The van der Waals surface area contributed by atoms with Crippen LogP contribution >= 0.6 is 0 Å². The van der Waals surface area contributed by atoms with E-state index in [2.05, 4.69) is 62.4 Å². The van der Waals surface area contributed by atoms with E-state index < -0.39 is 34.9 Å². The van der Waals surface area contributed by atoms with Crippen LogP contribution in [0, 0.1) is 13.8 Å². The zero-order chi connectivity index (χ0) is 38.5. The molecule has 0 aliphatic rings. The number of hydrogen-bond acceptors (Lipinski definition) is 10. The van der Waals surface area contributed by atoms with Crippen molar-refractivity contribution in [1.29, 1.82) is 0 Å². The van der Waals surface area contributed by atoms with Crippen LogP contribution in [0.25, 0.3) is 0 Å². The molecule has 0 spiro atoms. The van der Waals surface area contributed by atoms with Crippen molar-refractivity contribution in [2.45, 2.75) is 91.9 Å². The number of aromatic hydroxyl groups is 4. The summed E-state index contributed by atoms with van der Waals surface area (Å²) in [5.41, 5.74) is 4.35. The second-order valence-electron chi connectivity index (χ2n) is 12.2. The SMILES string of the molecule is CCCCCCCCC(=Nc1ccccc1)C(CCCC)=Nc1ccccc1.Cc1ccc(O)c(O)c1C(=O)[O-].Cc1ccc(O)c(O)c1C(=O)[O-].[Ni+2]. The topological polar surface area (TPSA) is 186 Å². The van der Waals surface area contributed by atoms with Crippen LogP contribution in [0.3, 0.4) is 0 Å². The van der Waals surface area contributed by atoms with Crippen molar-refractivity contribution in [3.05, 3.63) is 107 Å². The van der Waals surface area contributed by atoms with E-state index in [1.807, 2.05) is 12.1 Å². The Balaban J connectivity index is 0.000000463. The molecule has 4 aromatic carbocycles. The van der Waals surface area contributed by atoms with Gasteiger partial charge in [0, 0.05) is 11.1 Å². The Morgan fingerprint density at radius 3 is 1.25 bits per heavy atom. The number of benzene rings is 4. The largest absolute Gasteiger partial charge is 2.00 e. The number of unbranched alkanes of at least 4 members (excludes halogenated alkanes) is 6. The molecule has 10 nitrogen and oxygen atoms in total. The van der Waals surface area contributed by atoms with Crippen molar-refractivity contribution in [2.75, 3.05) is 0 Å². The van der Waals surface area contributed by atoms with Crippen LogP contribution in [0.15, 0.2) is 94.9 Å². The molecule has 0 saturated carbocycles. The predicted octanol–water partition coefficient (Wildman–Crippen LogP) is 8.01. The van der Waals surface area contributed by atoms with Crippen LogP contribution in [0.5, 0.6) is 23.0 Å². The van der Waals surface area contributed by atoms with Gasteiger partial charge in [-0.1, -0.05) is 101 Å². The van der Waals surface area contributed by atoms with Gasteiger partial charge in [0.1, 0.15) is 0 Å². The number of para-hydroxylation sites is 2. The Kier molecular flexibility index (Phi) is 21.6. The maximum Gasteiger partial charge on any atom is 2.00 e. The van der Waals surface area contributed by atoms with Gasteiger partial charge in [0.05, 0.1) is 34.7 Å². The molecular formula is C42H50N2NiO8. The van der Waals surface area contributed by atoms with E-state index in [-0.39, 0.29) is 27.6 Å². The molecule has 0 amide bonds. The van der Waals surface area contributed by atoms with Crippen LogP contribution in [0.1, 0.15) is 110 Å². The first-order valence-electron chi connectivity index (χ1n) is 17.6. The van der Waals surface area contributed by atoms with E-state index in [0.29, 0.717) is 11.1 Å². The summed E-state index contributed by atoms with van der Waals surface area (Å²) in [7, 11) is 0. The quantitative estimate of drug-likeness (QED) is 0.0405. The minimum Gasteiger partial charge on any atom is -0.545 e. The van der Waals surface area contributed by atoms with E-state index in [4.69, 9.17) is 30.4 Å². The maximum atomic E-state index is 10.4. The molecule has 0 heterocycles. The molecule has 4 aromatic rings. The Hall–Kier alpha value is -5.15. The number of carboxylic acid groups (broad SMARTS) is 2. The average Bonchev–Trinajstić information content (AvgIpc) is 3.12. The zero-order valence-corrected chi connectivity index (χ0v) is 31.8. The summed E-state index contributed by atoms with van der Waals surface area (Å²) in [4.78, 5) is 30.9. The summed E-state index contributed by atoms with van der Waals surface area (Å²) >= 11 is 0. The number of aryl methyl sites for hydroxylation is 2. The Bertz CT molecular complexity index is 1710. The van der Waals surface area contributed by atoms with E-state index in [1.54, 1.807) is 0 Å². The number of aliphatic imine (C=N–C) groups is 2. The minimum absolute atomic E-state index is 0. The average molecular weight is 770 g/mol. The molecule has 0 atom stereocenters. The van der Waals surface area contributed by atoms with Crippen molar-refractivity contribution in [2.24, 2.45) is 9.98 Å². The zero-order valence-electron chi connectivity index (χ0n) is 30.8. The molecule has 11 heteroatoms. The molecule has 53 heavy (non-hydrogen) atoms. The Morgan fingerprint density at radius 2 is 0.887 bits per heavy atom. The number of carboxylic acids is 2. The minimum atomic E-state index is -1.50. The van der Waals surface area contributed by atoms with Crippen LogP contribution in [-0.4, -0.2) is 43.8 Å². The molecular weight excluding hydrogens is 719 g/mol. The standard InChI is InChI=1S/C26H36N2.2C8H8O4.Ni/c1-3-5-7-8-9-16-22-26(28-24-19-14-11-15-20-24)25(21-6-4-2)27-23-17-12-10-13-18-23;2*1-4-2-3-5(9)7(10)6(4)8(11)12;/h10-15,17-20H,3-9,16,21-22H2,1-2H3;2*2-3,9-10H,1H3,(H,11,12);/q;;;+2/p-2. The van der Waals surface area contributed by atoms with Crippen LogP contribution in [0.4, 0.5) is 11.4 Å². The van der Waals surface area contributed by atoms with Gasteiger partial charge in [-0.05, 0) is 87.1 Å². The summed E-state index contributed by atoms with van der Waals surface area (Å²) in [5, 5.41) is 56.8. The maximum absolute atomic E-state index is 10.4. The summed E-state index contributed by atoms with van der Waals surface area (Å²) in [5.74, 6) is -5.20. The molecule has 0 radical (unpaired) electrons. The third-order valence-electron chi connectivity index (χ3n) is 8.05. The predicted molar refractivity (Wildman–Crippen MR) is 202 cm³/mol. The van der Waals surface area contributed by atoms with E-state index in [1.165, 1.54) is 88.8 Å². The van der Waals surface area contributed by atoms with Crippen molar-refractivity contribution < 1.29 is 56.7 Å². The number of carbonyl (C=O) groups excluding carboxylic acids is 2. The molecule has 0 aliphatic heterocycles. The Labute approximate surface area is 322 Å². The van der Waals surface area contributed by atoms with Crippen molar-refractivity contribution in [3.63, 3.8) is 0 Å². The van der Waals surface area contributed by atoms with Crippen molar-refractivity contribution in [1.82, 2.24) is 0 Å². The van der Waals surface area contributed by atoms with E-state index in [9.17, 15) is 19.8 Å².